The summed E-state index contributed by atoms with van der Waals surface area (Å²) < 4.78 is 0. The van der Waals surface area contributed by atoms with Crippen molar-refractivity contribution in [1.29, 1.82) is 0 Å². The summed E-state index contributed by atoms with van der Waals surface area (Å²) in [7, 11) is 0. The Morgan fingerprint density at radius 2 is 1.02 bits per heavy atom. The topological polar surface area (TPSA) is 49.1 Å². The molecule has 8 fully saturated rings. The number of rotatable bonds is 4. The first kappa shape index (κ1) is 34.1. The molecule has 8 bridgehead atoms. The number of nitrogens with one attached hydrogen (secondary N) is 3. The van der Waals surface area contributed by atoms with Crippen LogP contribution in [0, 0.1) is 0 Å². The van der Waals surface area contributed by atoms with Gasteiger partial charge in [0.05, 0.1) is 0 Å². The maximum absolute atomic E-state index is 3.63. The van der Waals surface area contributed by atoms with Crippen molar-refractivity contribution in [1.82, 2.24) is 35.6 Å². The van der Waals surface area contributed by atoms with Gasteiger partial charge < -0.3 is 16.0 Å². The Hall–Kier alpha value is -0.280. The van der Waals surface area contributed by atoms with Crippen molar-refractivity contribution in [2.75, 3.05) is 39.3 Å². The molecule has 0 aromatic heterocycles. The molecule has 0 aromatic carbocycles. The third kappa shape index (κ3) is 8.55. The van der Waals surface area contributed by atoms with E-state index in [1.807, 2.05) is 0 Å². The normalized spacial score (nSPS) is 38.8. The smallest absolute Gasteiger partial charge is 0.0239 e. The van der Waals surface area contributed by atoms with Gasteiger partial charge in [-0.1, -0.05) is 6.42 Å². The summed E-state index contributed by atoms with van der Waals surface area (Å²) in [6, 6.07) is 9.87. The third-order valence-corrected chi connectivity index (χ3v) is 12.1. The van der Waals surface area contributed by atoms with Crippen LogP contribution < -0.4 is 16.0 Å². The molecule has 250 valence electrons. The Kier molecular flexibility index (Phi) is 12.3. The largest absolute Gasteiger partial charge is 0.314 e. The Bertz CT molecular complexity index is 754. The molecule has 8 aliphatic rings. The number of piperidine rings is 1. The highest BCUT2D eigenvalue weighted by Crippen LogP contribution is 2.36. The Morgan fingerprint density at radius 1 is 0.488 bits per heavy atom. The molecule has 43 heavy (non-hydrogen) atoms. The van der Waals surface area contributed by atoms with Crippen LogP contribution in [0.15, 0.2) is 0 Å². The van der Waals surface area contributed by atoms with Gasteiger partial charge >= 0.3 is 0 Å². The van der Waals surface area contributed by atoms with Gasteiger partial charge in [0.2, 0.25) is 0 Å². The molecule has 7 nitrogen and oxygen atoms in total. The lowest BCUT2D eigenvalue weighted by Crippen LogP contribution is -2.54. The van der Waals surface area contributed by atoms with E-state index in [4.69, 9.17) is 0 Å². The maximum atomic E-state index is 3.63. The molecule has 8 saturated heterocycles. The van der Waals surface area contributed by atoms with E-state index in [0.717, 1.165) is 72.5 Å². The van der Waals surface area contributed by atoms with E-state index in [2.05, 4.69) is 90.9 Å². The van der Waals surface area contributed by atoms with Crippen molar-refractivity contribution in [3.8, 4) is 0 Å². The average molecular weight is 602 g/mol. The van der Waals surface area contributed by atoms with E-state index in [1.54, 1.807) is 0 Å². The van der Waals surface area contributed by atoms with Crippen molar-refractivity contribution in [2.24, 2.45) is 0 Å². The lowest BCUT2D eigenvalue weighted by atomic mass is 10.0. The fraction of sp³-hybridized carbons (Fsp3) is 1.00. The molecule has 0 radical (unpaired) electrons. The van der Waals surface area contributed by atoms with Crippen LogP contribution in [0.4, 0.5) is 0 Å². The first-order valence-electron chi connectivity index (χ1n) is 18.8. The van der Waals surface area contributed by atoms with Gasteiger partial charge in [0.15, 0.2) is 0 Å². The summed E-state index contributed by atoms with van der Waals surface area (Å²) in [6.45, 7) is 26.0. The first-order chi connectivity index (χ1) is 20.6. The quantitative estimate of drug-likeness (QED) is 0.438. The second kappa shape index (κ2) is 15.5. The summed E-state index contributed by atoms with van der Waals surface area (Å²) in [5.74, 6) is 0. The van der Waals surface area contributed by atoms with Gasteiger partial charge in [0.25, 0.3) is 0 Å². The first-order valence-corrected chi connectivity index (χ1v) is 18.8. The van der Waals surface area contributed by atoms with Crippen LogP contribution in [0.2, 0.25) is 0 Å². The maximum Gasteiger partial charge on any atom is 0.0239 e. The minimum absolute atomic E-state index is 0.736. The highest BCUT2D eigenvalue weighted by molar-refractivity contribution is 4.99. The number of piperazine rings is 3. The van der Waals surface area contributed by atoms with Crippen molar-refractivity contribution in [3.05, 3.63) is 0 Å². The van der Waals surface area contributed by atoms with E-state index >= 15 is 0 Å². The van der Waals surface area contributed by atoms with Gasteiger partial charge in [-0.05, 0) is 113 Å². The van der Waals surface area contributed by atoms with Gasteiger partial charge in [-0.3, -0.25) is 19.6 Å². The predicted molar refractivity (Wildman–Crippen MR) is 183 cm³/mol. The number of hydrogen-bond acceptors (Lipinski definition) is 7. The van der Waals surface area contributed by atoms with Crippen molar-refractivity contribution < 1.29 is 0 Å². The molecule has 8 heterocycles. The number of nitrogens with zero attached hydrogens (tertiary/aromatic N) is 4. The summed E-state index contributed by atoms with van der Waals surface area (Å²) in [4.78, 5) is 10.7. The molecule has 7 heteroatoms. The third-order valence-electron chi connectivity index (χ3n) is 12.1. The van der Waals surface area contributed by atoms with E-state index in [9.17, 15) is 0 Å². The van der Waals surface area contributed by atoms with Crippen LogP contribution in [-0.4, -0.2) is 131 Å². The summed E-state index contributed by atoms with van der Waals surface area (Å²) >= 11 is 0. The van der Waals surface area contributed by atoms with Crippen LogP contribution >= 0.6 is 0 Å². The second-order valence-corrected chi connectivity index (χ2v) is 16.4. The molecule has 8 aliphatic heterocycles. The van der Waals surface area contributed by atoms with E-state index in [0.29, 0.717) is 0 Å². The molecule has 8 rings (SSSR count). The molecule has 0 saturated carbocycles. The van der Waals surface area contributed by atoms with E-state index in [-0.39, 0.29) is 0 Å². The van der Waals surface area contributed by atoms with Crippen LogP contribution in [0.25, 0.3) is 0 Å². The lowest BCUT2D eigenvalue weighted by Gasteiger charge is -2.38. The minimum Gasteiger partial charge on any atom is -0.314 e. The highest BCUT2D eigenvalue weighted by atomic mass is 15.3. The predicted octanol–water partition coefficient (Wildman–Crippen LogP) is 4.51. The van der Waals surface area contributed by atoms with Crippen molar-refractivity contribution in [3.63, 3.8) is 0 Å². The van der Waals surface area contributed by atoms with Crippen LogP contribution in [0.3, 0.4) is 0 Å². The molecule has 3 N–H and O–H groups in total. The van der Waals surface area contributed by atoms with E-state index < -0.39 is 0 Å². The molecule has 0 amide bonds. The SMILES string of the molecule is CC(C)N1C2CCC1CNC2.CC(C)N1C2CCCC1CC2.CC(C)N1CC2CC1CN2.CC(C)N1CC2CCC(C1)N2. The fourth-order valence-corrected chi connectivity index (χ4v) is 10.1. The van der Waals surface area contributed by atoms with E-state index in [1.165, 1.54) is 103 Å². The summed E-state index contributed by atoms with van der Waals surface area (Å²) in [6.07, 6.45) is 14.4. The number of fused-ring (bicyclic) bond motifs is 8. The molecule has 0 aliphatic carbocycles. The zero-order chi connectivity index (χ0) is 30.7. The monoisotopic (exact) mass is 602 g/mol. The minimum atomic E-state index is 0.736. The molecule has 8 unspecified atom stereocenters. The van der Waals surface area contributed by atoms with Crippen LogP contribution in [-0.2, 0) is 0 Å². The summed E-state index contributed by atoms with van der Waals surface area (Å²) in [5.41, 5.74) is 0. The number of likely N-dealkylation sites (tertiary alicyclic amines) is 2. The molecular weight excluding hydrogens is 530 g/mol. The second-order valence-electron chi connectivity index (χ2n) is 16.4. The van der Waals surface area contributed by atoms with Gasteiger partial charge in [0, 0.05) is 112 Å². The lowest BCUT2D eigenvalue weighted by molar-refractivity contribution is 0.104. The highest BCUT2D eigenvalue weighted by Gasteiger charge is 2.39. The zero-order valence-corrected chi connectivity index (χ0v) is 29.5. The van der Waals surface area contributed by atoms with Crippen LogP contribution in [0.1, 0.15) is 120 Å². The van der Waals surface area contributed by atoms with Crippen molar-refractivity contribution in [2.45, 2.75) is 192 Å². The van der Waals surface area contributed by atoms with Gasteiger partial charge in [0.1, 0.15) is 0 Å². The fourth-order valence-electron chi connectivity index (χ4n) is 10.1. The van der Waals surface area contributed by atoms with Gasteiger partial charge in [-0.25, -0.2) is 0 Å². The summed E-state index contributed by atoms with van der Waals surface area (Å²) in [5, 5.41) is 10.6. The Labute approximate surface area is 266 Å². The molecular formula is C36H71N7. The molecule has 0 spiro atoms. The van der Waals surface area contributed by atoms with Crippen LogP contribution in [0.5, 0.6) is 0 Å². The average Bonchev–Trinajstić information content (AvgIpc) is 3.79. The van der Waals surface area contributed by atoms with Gasteiger partial charge in [-0.2, -0.15) is 0 Å². The molecule has 8 atom stereocenters. The van der Waals surface area contributed by atoms with Gasteiger partial charge in [-0.15, -0.1) is 0 Å². The zero-order valence-electron chi connectivity index (χ0n) is 29.5. The standard InChI is InChI=1S/C10H19N.2C9H18N2.C8H16N2/c1-8(2)11-9-4-3-5-10(11)7-6-9;1-7(2)11-5-8-3-4-9(6-11)10-8;1-7(2)11-8-3-4-9(11)6-10-5-8;1-6(2)10-5-7-3-8(10)4-9-7/h8-10H,3-7H2,1-2H3;2*7-10H,3-6H2,1-2H3;6-9H,3-5H2,1-2H3. The number of hydrogen-bond donors (Lipinski definition) is 3. The Morgan fingerprint density at radius 3 is 1.40 bits per heavy atom. The Balaban J connectivity index is 0.000000114. The van der Waals surface area contributed by atoms with Crippen molar-refractivity contribution >= 4 is 0 Å². The molecule has 0 aromatic rings.